The molecule has 0 aromatic rings. The van der Waals surface area contributed by atoms with Gasteiger partial charge in [0.15, 0.2) is 5.96 Å². The van der Waals surface area contributed by atoms with Crippen molar-refractivity contribution in [2.24, 2.45) is 39.4 Å². The number of carbonyl (C=O) groups is 8. The van der Waals surface area contributed by atoms with Crippen LogP contribution in [0.4, 0.5) is 0 Å². The first kappa shape index (κ1) is 72.6. The van der Waals surface area contributed by atoms with Crippen LogP contribution in [0.5, 0.6) is 0 Å². The van der Waals surface area contributed by atoms with Crippen LogP contribution in [0, 0.1) is 0 Å². The lowest BCUT2D eigenvalue weighted by Crippen LogP contribution is -2.59. The van der Waals surface area contributed by atoms with Crippen LogP contribution in [-0.2, 0) is 38.4 Å². The van der Waals surface area contributed by atoms with Gasteiger partial charge < -0.3 is 82.0 Å². The van der Waals surface area contributed by atoms with Gasteiger partial charge in [0.1, 0.15) is 36.3 Å². The molecular formula is C56H107N15O9. The van der Waals surface area contributed by atoms with Crippen LogP contribution < -0.4 is 76.9 Å². The summed E-state index contributed by atoms with van der Waals surface area (Å²) >= 11 is 0. The van der Waals surface area contributed by atoms with Gasteiger partial charge in [-0.25, -0.2) is 0 Å². The van der Waals surface area contributed by atoms with E-state index >= 15 is 0 Å². The minimum atomic E-state index is -1.27. The second-order valence-corrected chi connectivity index (χ2v) is 21.1. The minimum Gasteiger partial charge on any atom is -0.393 e. The summed E-state index contributed by atoms with van der Waals surface area (Å²) in [6.45, 7) is 3.33. The van der Waals surface area contributed by atoms with Crippen LogP contribution in [0.2, 0.25) is 0 Å². The number of unbranched alkanes of at least 4 members (excludes halogenated alkanes) is 13. The van der Waals surface area contributed by atoms with Crippen molar-refractivity contribution in [2.45, 2.75) is 242 Å². The highest BCUT2D eigenvalue weighted by atomic mass is 16.3. The predicted octanol–water partition coefficient (Wildman–Crippen LogP) is 0.889. The topological polar surface area (TPSA) is 422 Å². The summed E-state index contributed by atoms with van der Waals surface area (Å²) in [5, 5.41) is 32.7. The van der Waals surface area contributed by atoms with Gasteiger partial charge in [-0.15, -0.1) is 0 Å². The molecule has 0 bridgehead atoms. The molecule has 21 N–H and O–H groups in total. The Morgan fingerprint density at radius 2 is 1.06 bits per heavy atom. The van der Waals surface area contributed by atoms with Crippen molar-refractivity contribution in [3.8, 4) is 0 Å². The van der Waals surface area contributed by atoms with Gasteiger partial charge in [0.2, 0.25) is 47.3 Å². The Morgan fingerprint density at radius 3 is 1.56 bits per heavy atom. The molecule has 24 heteroatoms. The lowest BCUT2D eigenvalue weighted by atomic mass is 10.0. The van der Waals surface area contributed by atoms with E-state index in [9.17, 15) is 43.5 Å². The van der Waals surface area contributed by atoms with Crippen molar-refractivity contribution in [1.82, 2.24) is 42.5 Å². The highest BCUT2D eigenvalue weighted by Gasteiger charge is 2.33. The monoisotopic (exact) mass is 1130 g/mol. The van der Waals surface area contributed by atoms with E-state index in [1.165, 1.54) is 25.7 Å². The number of aliphatic hydroxyl groups excluding tert-OH is 1. The average Bonchev–Trinajstić information content (AvgIpc) is 3.44. The van der Waals surface area contributed by atoms with Gasteiger partial charge in [-0.05, 0) is 167 Å². The molecule has 1 aliphatic heterocycles. The molecule has 0 saturated carbocycles. The SMILES string of the molecule is CCCCCC/C=C\CCCCCCC[C@@H](O)CC(=O)NCC(=O)N[C@@H](CCCN=C(N)N)C(=O)N[C@@H]1CCCCNC(=O)[C@H](CCCCN)NC(=O)[C@@H](CCCCN)NC(=O)[C@@H](CCCCN)NC(=O)[C@H](CCCCN)NC1=O. The molecule has 0 aromatic carbocycles. The predicted molar refractivity (Wildman–Crippen MR) is 314 cm³/mol. The fourth-order valence-electron chi connectivity index (χ4n) is 9.17. The van der Waals surface area contributed by atoms with Crippen molar-refractivity contribution in [2.75, 3.05) is 45.8 Å². The van der Waals surface area contributed by atoms with Crippen molar-refractivity contribution in [1.29, 1.82) is 0 Å². The van der Waals surface area contributed by atoms with Crippen LogP contribution >= 0.6 is 0 Å². The maximum atomic E-state index is 14.4. The Morgan fingerprint density at radius 1 is 0.588 bits per heavy atom. The molecule has 80 heavy (non-hydrogen) atoms. The molecule has 7 atom stereocenters. The number of rotatable bonds is 40. The van der Waals surface area contributed by atoms with E-state index in [0.717, 1.165) is 44.9 Å². The van der Waals surface area contributed by atoms with Crippen LogP contribution in [0.15, 0.2) is 17.1 Å². The Labute approximate surface area is 477 Å². The summed E-state index contributed by atoms with van der Waals surface area (Å²) in [4.78, 5) is 115. The van der Waals surface area contributed by atoms with Gasteiger partial charge in [0.25, 0.3) is 0 Å². The normalized spacial score (nSPS) is 19.7. The molecule has 460 valence electrons. The van der Waals surface area contributed by atoms with E-state index in [0.29, 0.717) is 90.4 Å². The summed E-state index contributed by atoms with van der Waals surface area (Å²) in [7, 11) is 0. The van der Waals surface area contributed by atoms with Crippen molar-refractivity contribution >= 4 is 53.2 Å². The average molecular weight is 1130 g/mol. The first-order chi connectivity index (χ1) is 38.6. The van der Waals surface area contributed by atoms with Crippen molar-refractivity contribution in [3.05, 3.63) is 12.2 Å². The molecule has 1 fully saturated rings. The Hall–Kier alpha value is -5.43. The summed E-state index contributed by atoms with van der Waals surface area (Å²) in [6, 6.07) is -6.89. The molecule has 1 aliphatic rings. The van der Waals surface area contributed by atoms with Crippen molar-refractivity contribution < 1.29 is 43.5 Å². The van der Waals surface area contributed by atoms with Crippen LogP contribution in [0.3, 0.4) is 0 Å². The van der Waals surface area contributed by atoms with Gasteiger partial charge in [0, 0.05) is 13.1 Å². The lowest BCUT2D eigenvalue weighted by Gasteiger charge is -2.28. The molecule has 8 amide bonds. The van der Waals surface area contributed by atoms with Gasteiger partial charge in [-0.3, -0.25) is 43.3 Å². The first-order valence-electron chi connectivity index (χ1n) is 30.1. The molecule has 0 radical (unpaired) electrons. The fraction of sp³-hybridized carbons (Fsp3) is 0.804. The van der Waals surface area contributed by atoms with Crippen LogP contribution in [-0.4, -0.2) is 146 Å². The summed E-state index contributed by atoms with van der Waals surface area (Å²) < 4.78 is 0. The van der Waals surface area contributed by atoms with E-state index in [-0.39, 0.29) is 76.8 Å². The third kappa shape index (κ3) is 36.0. The fourth-order valence-corrected chi connectivity index (χ4v) is 9.17. The minimum absolute atomic E-state index is 0.0196. The number of nitrogens with one attached hydrogen (secondary N) is 8. The number of carbonyl (C=O) groups excluding carboxylic acids is 8. The Kier molecular flexibility index (Phi) is 42.9. The van der Waals surface area contributed by atoms with E-state index in [1.807, 2.05) is 0 Å². The van der Waals surface area contributed by atoms with E-state index in [1.54, 1.807) is 0 Å². The Balaban J connectivity index is 3.34. The number of hydrogen-bond acceptors (Lipinski definition) is 14. The largest absolute Gasteiger partial charge is 0.393 e. The smallest absolute Gasteiger partial charge is 0.243 e. The zero-order valence-corrected chi connectivity index (χ0v) is 48.5. The molecule has 1 rings (SSSR count). The summed E-state index contributed by atoms with van der Waals surface area (Å²) in [5.41, 5.74) is 34.2. The third-order valence-corrected chi connectivity index (χ3v) is 13.9. The molecule has 1 saturated heterocycles. The number of aliphatic hydroxyl groups is 1. The second-order valence-electron chi connectivity index (χ2n) is 21.1. The molecular weight excluding hydrogens is 1030 g/mol. The van der Waals surface area contributed by atoms with Gasteiger partial charge >= 0.3 is 0 Å². The number of aliphatic imine (C=N–C) groups is 1. The zero-order chi connectivity index (χ0) is 59.2. The third-order valence-electron chi connectivity index (χ3n) is 13.9. The number of guanidine groups is 1. The number of nitrogens with two attached hydrogens (primary N) is 6. The zero-order valence-electron chi connectivity index (χ0n) is 48.5. The molecule has 0 aromatic heterocycles. The van der Waals surface area contributed by atoms with Gasteiger partial charge in [-0.1, -0.05) is 64.0 Å². The second kappa shape index (κ2) is 47.2. The quantitative estimate of drug-likeness (QED) is 0.0175. The summed E-state index contributed by atoms with van der Waals surface area (Å²) in [6.07, 6.45) is 21.8. The summed E-state index contributed by atoms with van der Waals surface area (Å²) in [5.74, 6) is -5.23. The van der Waals surface area contributed by atoms with E-state index < -0.39 is 96.2 Å². The lowest BCUT2D eigenvalue weighted by molar-refractivity contribution is -0.135. The first-order valence-corrected chi connectivity index (χ1v) is 30.1. The maximum Gasteiger partial charge on any atom is 0.243 e. The highest BCUT2D eigenvalue weighted by Crippen LogP contribution is 2.14. The van der Waals surface area contributed by atoms with Crippen molar-refractivity contribution in [3.63, 3.8) is 0 Å². The highest BCUT2D eigenvalue weighted by molar-refractivity contribution is 5.97. The number of hydrogen-bond donors (Lipinski definition) is 15. The number of amides is 8. The van der Waals surface area contributed by atoms with E-state index in [4.69, 9.17) is 34.4 Å². The molecule has 1 heterocycles. The molecule has 0 aliphatic carbocycles. The maximum absolute atomic E-state index is 14.4. The van der Waals surface area contributed by atoms with E-state index in [2.05, 4.69) is 66.6 Å². The van der Waals surface area contributed by atoms with Gasteiger partial charge in [-0.2, -0.15) is 0 Å². The molecule has 24 nitrogen and oxygen atoms in total. The Bertz CT molecular complexity index is 1820. The molecule has 0 unspecified atom stereocenters. The number of allylic oxidation sites excluding steroid dienone is 2. The number of nitrogens with zero attached hydrogens (tertiary/aromatic N) is 1. The van der Waals surface area contributed by atoms with Gasteiger partial charge in [0.05, 0.1) is 19.1 Å². The van der Waals surface area contributed by atoms with Crippen LogP contribution in [0.25, 0.3) is 0 Å². The molecule has 0 spiro atoms. The standard InChI is InChI=1S/C56H107N15O9/c1-2-3-4-5-6-7-8-9-10-11-12-13-14-26-41(72)39-48(73)65-40-49(74)66-43(32-25-38-64-56(61)62)51(76)68-47-31-19-24-37-63-50(75)42(27-15-20-33-57)67-52(77)44(28-16-21-34-58)69-53(78)45(29-17-22-35-59)70-54(79)46(71-55(47)80)30-18-23-36-60/h7-8,41-47,72H,2-6,9-40,57-60H2,1H3,(H,63,75)(H,65,73)(H,66,74)(H,67,77)(H,68,76)(H,69,78)(H,70,79)(H,71,80)(H4,61,62,64)/b8-7-/t41-,42+,43+,44-,45-,46+,47-/m1/s1. The van der Waals surface area contributed by atoms with Crippen LogP contribution in [0.1, 0.15) is 200 Å².